The van der Waals surface area contributed by atoms with Gasteiger partial charge in [0.25, 0.3) is 11.8 Å². The highest BCUT2D eigenvalue weighted by molar-refractivity contribution is 7.99. The normalized spacial score (nSPS) is 19.9. The lowest BCUT2D eigenvalue weighted by molar-refractivity contribution is -0.139. The zero-order valence-corrected chi connectivity index (χ0v) is 40.5. The number of pyridine rings is 2. The van der Waals surface area contributed by atoms with E-state index in [1.54, 1.807) is 23.5 Å². The molecule has 0 bridgehead atoms. The van der Waals surface area contributed by atoms with Gasteiger partial charge in [-0.3, -0.25) is 19.2 Å². The molecule has 2 saturated heterocycles. The van der Waals surface area contributed by atoms with E-state index in [4.69, 9.17) is 15.1 Å². The van der Waals surface area contributed by atoms with Gasteiger partial charge in [-0.1, -0.05) is 52.4 Å². The fraction of sp³-hybridized carbons (Fsp3) is 0.714. The smallest absolute Gasteiger partial charge is 0.303 e. The van der Waals surface area contributed by atoms with Gasteiger partial charge in [0, 0.05) is 63.7 Å². The van der Waals surface area contributed by atoms with Crippen molar-refractivity contribution in [2.24, 2.45) is 11.8 Å². The van der Waals surface area contributed by atoms with Crippen LogP contribution in [0, 0.1) is 11.8 Å². The van der Waals surface area contributed by atoms with Crippen LogP contribution in [-0.2, 0) is 9.59 Å². The largest absolute Gasteiger partial charge is 0.481 e. The Labute approximate surface area is 386 Å². The quantitative estimate of drug-likeness (QED) is 0.137. The summed E-state index contributed by atoms with van der Waals surface area (Å²) in [5.41, 5.74) is 1.43. The van der Waals surface area contributed by atoms with Crippen LogP contribution in [0.1, 0.15) is 171 Å². The van der Waals surface area contributed by atoms with Crippen LogP contribution in [0.15, 0.2) is 34.3 Å². The summed E-state index contributed by atoms with van der Waals surface area (Å²) in [6.07, 6.45) is 18.0. The Bertz CT molecular complexity index is 1790. The van der Waals surface area contributed by atoms with Crippen LogP contribution >= 0.6 is 23.5 Å². The van der Waals surface area contributed by atoms with Crippen LogP contribution in [-0.4, -0.2) is 116 Å². The van der Waals surface area contributed by atoms with Crippen LogP contribution in [0.2, 0.25) is 0 Å². The lowest BCUT2D eigenvalue weighted by Gasteiger charge is -2.38. The number of nitrogens with zero attached hydrogens (tertiary/aromatic N) is 6. The second-order valence-corrected chi connectivity index (χ2v) is 20.5. The molecule has 2 aliphatic carbocycles. The van der Waals surface area contributed by atoms with E-state index in [0.29, 0.717) is 36.3 Å². The van der Waals surface area contributed by atoms with Gasteiger partial charge in [0.1, 0.15) is 21.7 Å². The minimum absolute atomic E-state index is 0.104. The molecule has 63 heavy (non-hydrogen) atoms. The number of amides is 2. The van der Waals surface area contributed by atoms with Gasteiger partial charge in [-0.2, -0.15) is 0 Å². The van der Waals surface area contributed by atoms with E-state index in [0.717, 1.165) is 117 Å². The van der Waals surface area contributed by atoms with Crippen molar-refractivity contribution in [3.63, 3.8) is 0 Å². The first-order valence-corrected chi connectivity index (χ1v) is 26.3. The monoisotopic (exact) mass is 909 g/mol. The van der Waals surface area contributed by atoms with Crippen LogP contribution in [0.4, 0.5) is 11.6 Å². The highest BCUT2D eigenvalue weighted by Gasteiger charge is 2.32. The number of hydrogen-bond acceptors (Lipinski definition) is 10. The fourth-order valence-electron chi connectivity index (χ4n) is 9.97. The average molecular weight is 909 g/mol. The lowest BCUT2D eigenvalue weighted by Crippen LogP contribution is -2.46. The van der Waals surface area contributed by atoms with Crippen molar-refractivity contribution in [2.75, 3.05) is 54.0 Å². The zero-order valence-electron chi connectivity index (χ0n) is 38.9. The van der Waals surface area contributed by atoms with E-state index >= 15 is 0 Å². The predicted molar refractivity (Wildman–Crippen MR) is 257 cm³/mol. The molecule has 0 unspecified atom stereocenters. The third-order valence-electron chi connectivity index (χ3n) is 13.0. The number of piperidine rings is 2. The van der Waals surface area contributed by atoms with Gasteiger partial charge in [-0.05, 0) is 133 Å². The number of thioether (sulfide) groups is 2. The van der Waals surface area contributed by atoms with Crippen molar-refractivity contribution >= 4 is 58.9 Å². The second kappa shape index (κ2) is 25.8. The second-order valence-electron chi connectivity index (χ2n) is 18.3. The maximum Gasteiger partial charge on any atom is 0.303 e. The Morgan fingerprint density at radius 3 is 1.49 bits per heavy atom. The van der Waals surface area contributed by atoms with E-state index in [1.807, 2.05) is 24.3 Å². The van der Waals surface area contributed by atoms with Crippen LogP contribution < -0.4 is 9.80 Å². The molecule has 14 heteroatoms. The zero-order chi connectivity index (χ0) is 45.3. The molecule has 2 amide bonds. The van der Waals surface area contributed by atoms with Crippen molar-refractivity contribution in [2.45, 2.75) is 178 Å². The summed E-state index contributed by atoms with van der Waals surface area (Å²) in [5, 5.41) is 20.0. The topological polar surface area (TPSA) is 147 Å². The molecule has 2 saturated carbocycles. The van der Waals surface area contributed by atoms with Gasteiger partial charge >= 0.3 is 11.9 Å². The van der Waals surface area contributed by atoms with E-state index in [-0.39, 0.29) is 42.5 Å². The van der Waals surface area contributed by atoms with Gasteiger partial charge in [0.15, 0.2) is 0 Å². The molecule has 2 aromatic heterocycles. The van der Waals surface area contributed by atoms with Gasteiger partial charge in [0.05, 0.1) is 11.1 Å². The van der Waals surface area contributed by atoms with E-state index in [2.05, 4.69) is 54.2 Å². The molecular weight excluding hydrogens is 833 g/mol. The molecular formula is C49H76N6O6S2. The van der Waals surface area contributed by atoms with Crippen molar-refractivity contribution in [1.29, 1.82) is 0 Å². The molecule has 2 aliphatic heterocycles. The number of aromatic nitrogens is 2. The molecule has 2 N–H and O–H groups in total. The molecule has 0 radical (unpaired) electrons. The summed E-state index contributed by atoms with van der Waals surface area (Å²) in [7, 11) is 0. The molecule has 4 heterocycles. The molecule has 2 aromatic rings. The van der Waals surface area contributed by atoms with Crippen LogP contribution in [0.25, 0.3) is 0 Å². The Hall–Kier alpha value is -3.52. The Kier molecular flexibility index (Phi) is 20.7. The van der Waals surface area contributed by atoms with Crippen LogP contribution in [0.5, 0.6) is 0 Å². The van der Waals surface area contributed by atoms with Gasteiger partial charge < -0.3 is 29.8 Å². The van der Waals surface area contributed by atoms with Crippen LogP contribution in [0.3, 0.4) is 0 Å². The van der Waals surface area contributed by atoms with E-state index in [1.165, 1.54) is 38.5 Å². The Morgan fingerprint density at radius 1 is 0.635 bits per heavy atom. The van der Waals surface area contributed by atoms with Crippen molar-refractivity contribution < 1.29 is 29.4 Å². The molecule has 4 aliphatic rings. The molecule has 2 atom stereocenters. The maximum absolute atomic E-state index is 13.7. The predicted octanol–water partition coefficient (Wildman–Crippen LogP) is 10.5. The van der Waals surface area contributed by atoms with E-state index in [9.17, 15) is 24.3 Å². The fourth-order valence-corrected chi connectivity index (χ4v) is 11.7. The van der Waals surface area contributed by atoms with Gasteiger partial charge in [-0.15, -0.1) is 23.5 Å². The number of rotatable bonds is 18. The van der Waals surface area contributed by atoms with Gasteiger partial charge in [0.2, 0.25) is 0 Å². The number of anilines is 2. The van der Waals surface area contributed by atoms with Crippen molar-refractivity contribution in [3.05, 3.63) is 35.4 Å². The minimum Gasteiger partial charge on any atom is -0.481 e. The number of carbonyl (C=O) groups excluding carboxylic acids is 2. The summed E-state index contributed by atoms with van der Waals surface area (Å²) >= 11 is 3.32. The number of carboxylic acid groups (broad SMARTS) is 2. The minimum atomic E-state index is -0.735. The summed E-state index contributed by atoms with van der Waals surface area (Å²) < 4.78 is 0. The number of aliphatic carboxylic acids is 2. The van der Waals surface area contributed by atoms with Crippen molar-refractivity contribution in [3.8, 4) is 0 Å². The van der Waals surface area contributed by atoms with Crippen molar-refractivity contribution in [1.82, 2.24) is 19.8 Å². The maximum atomic E-state index is 13.7. The molecule has 0 spiro atoms. The first kappa shape index (κ1) is 50.5. The average Bonchev–Trinajstić information content (AvgIpc) is 3.28. The number of hydrogen-bond donors (Lipinski definition) is 2. The summed E-state index contributed by atoms with van der Waals surface area (Å²) in [6, 6.07) is 8.66. The highest BCUT2D eigenvalue weighted by Crippen LogP contribution is 2.34. The lowest BCUT2D eigenvalue weighted by atomic mass is 9.93. The molecule has 12 nitrogen and oxygen atoms in total. The molecule has 6 rings (SSSR count). The first-order chi connectivity index (χ1) is 30.4. The van der Waals surface area contributed by atoms with Gasteiger partial charge in [-0.25, -0.2) is 9.97 Å². The standard InChI is InChI=1S/C25H39N3O3S.C24H37N3O3S/c1-4-15-32-24-21(25(31)28(18(2)3)20-10-6-5-7-11-20)12-13-22(26-24)27-14-8-9-19(17-27)16-23(29)30;1-3-15-31-23-20(24(30)27(4-2)19-10-6-5-7-11-19)12-13-21(25-23)26-14-8-9-18(17-26)16-22(28)29/h12-13,18-20H,4-11,14-17H2,1-3H3,(H,29,30);12-13,18-19H,3-11,14-17H2,1-2H3,(H,28,29)/t19-;18-/m00/s1. The third-order valence-corrected chi connectivity index (χ3v) is 15.4. The first-order valence-electron chi connectivity index (χ1n) is 24.3. The summed E-state index contributed by atoms with van der Waals surface area (Å²) in [4.78, 5) is 68.0. The Balaban J connectivity index is 0.000000238. The SMILES string of the molecule is CCCSc1nc(N2CCC[C@@H](CC(=O)O)C2)ccc1C(=O)N(C(C)C)C1CCCCC1.CCCSc1nc(N2CCC[C@@H](CC(=O)O)C2)ccc1C(=O)N(CC)C1CCCCC1. The number of carbonyl (C=O) groups is 4. The summed E-state index contributed by atoms with van der Waals surface area (Å²) in [6.45, 7) is 14.5. The molecule has 0 aromatic carbocycles. The highest BCUT2D eigenvalue weighted by atomic mass is 32.2. The van der Waals surface area contributed by atoms with E-state index < -0.39 is 11.9 Å². The number of carboxylic acids is 2. The third kappa shape index (κ3) is 14.7. The molecule has 350 valence electrons. The summed E-state index contributed by atoms with van der Waals surface area (Å²) in [5.74, 6) is 2.62. The Morgan fingerprint density at radius 2 is 1.08 bits per heavy atom. The molecule has 4 fully saturated rings.